The number of carbonyl (C=O) groups is 2. The van der Waals surface area contributed by atoms with Gasteiger partial charge in [-0.05, 0) is 31.2 Å². The number of carboxylic acid groups (broad SMARTS) is 1. The van der Waals surface area contributed by atoms with Crippen LogP contribution in [0.1, 0.15) is 82.6 Å². The Kier molecular flexibility index (Phi) is 13.5. The summed E-state index contributed by atoms with van der Waals surface area (Å²) in [6.45, 7) is 0. The van der Waals surface area contributed by atoms with E-state index < -0.39 is 12.0 Å². The smallest absolute Gasteiger partial charge is 0.326 e. The van der Waals surface area contributed by atoms with Gasteiger partial charge in [0.1, 0.15) is 6.04 Å². The van der Waals surface area contributed by atoms with Crippen molar-refractivity contribution in [3.05, 3.63) is 35.9 Å². The van der Waals surface area contributed by atoms with Crippen molar-refractivity contribution in [2.24, 2.45) is 0 Å². The van der Waals surface area contributed by atoms with Crippen LogP contribution in [0.3, 0.4) is 0 Å². The molecule has 1 amide bonds. The molecule has 1 aromatic rings. The van der Waals surface area contributed by atoms with E-state index in [0.717, 1.165) is 19.3 Å². The number of aryl methyl sites for hydroxylation is 1. The molecular weight excluding hydrogens is 354 g/mol. The minimum Gasteiger partial charge on any atom is -0.480 e. The van der Waals surface area contributed by atoms with Gasteiger partial charge in [-0.2, -0.15) is 0 Å². The number of amides is 1. The normalized spacial score (nSPS) is 11.7. The zero-order valence-electron chi connectivity index (χ0n) is 16.8. The van der Waals surface area contributed by atoms with Gasteiger partial charge < -0.3 is 10.4 Å². The van der Waals surface area contributed by atoms with E-state index in [9.17, 15) is 14.4 Å². The number of unbranched alkanes of at least 4 members (excludes halogenated alkanes) is 8. The number of carbonyl (C=O) groups excluding carboxylic acids is 2. The van der Waals surface area contributed by atoms with Crippen molar-refractivity contribution in [1.29, 1.82) is 0 Å². The highest BCUT2D eigenvalue weighted by molar-refractivity contribution is 5.83. The van der Waals surface area contributed by atoms with Gasteiger partial charge in [-0.3, -0.25) is 9.59 Å². The van der Waals surface area contributed by atoms with Gasteiger partial charge in [0.2, 0.25) is 5.91 Å². The van der Waals surface area contributed by atoms with Crippen LogP contribution in [-0.4, -0.2) is 29.3 Å². The topological polar surface area (TPSA) is 83.5 Å². The number of carboxylic acids is 1. The molecule has 0 unspecified atom stereocenters. The summed E-state index contributed by atoms with van der Waals surface area (Å²) < 4.78 is 0. The third kappa shape index (κ3) is 12.3. The molecule has 1 rings (SSSR count). The average Bonchev–Trinajstić information content (AvgIpc) is 2.69. The molecule has 0 spiro atoms. The van der Waals surface area contributed by atoms with Crippen LogP contribution >= 0.6 is 0 Å². The van der Waals surface area contributed by atoms with Crippen LogP contribution in [0.2, 0.25) is 0 Å². The Morgan fingerprint density at radius 2 is 1.46 bits per heavy atom. The molecule has 155 valence electrons. The Morgan fingerprint density at radius 3 is 2.04 bits per heavy atom. The molecule has 0 aliphatic heterocycles. The quantitative estimate of drug-likeness (QED) is 0.382. The average molecular weight is 389 g/mol. The van der Waals surface area contributed by atoms with Crippen LogP contribution in [0.15, 0.2) is 30.3 Å². The molecule has 1 aromatic carbocycles. The van der Waals surface area contributed by atoms with E-state index in [-0.39, 0.29) is 18.7 Å². The Bertz CT molecular complexity index is 559. The fourth-order valence-electron chi connectivity index (χ4n) is 3.22. The van der Waals surface area contributed by atoms with Crippen molar-refractivity contribution in [3.63, 3.8) is 0 Å². The van der Waals surface area contributed by atoms with Crippen LogP contribution in [0, 0.1) is 0 Å². The molecule has 0 saturated carbocycles. The van der Waals surface area contributed by atoms with Crippen molar-refractivity contribution < 1.29 is 19.5 Å². The third-order valence-electron chi connectivity index (χ3n) is 4.88. The summed E-state index contributed by atoms with van der Waals surface area (Å²) >= 11 is 0. The molecule has 28 heavy (non-hydrogen) atoms. The summed E-state index contributed by atoms with van der Waals surface area (Å²) in [4.78, 5) is 33.0. The highest BCUT2D eigenvalue weighted by Crippen LogP contribution is 2.12. The van der Waals surface area contributed by atoms with Gasteiger partial charge in [-0.15, -0.1) is 0 Å². The van der Waals surface area contributed by atoms with Crippen molar-refractivity contribution in [1.82, 2.24) is 5.32 Å². The van der Waals surface area contributed by atoms with Crippen LogP contribution in [0.25, 0.3) is 0 Å². The first-order chi connectivity index (χ1) is 13.6. The number of aliphatic carboxylic acids is 1. The van der Waals surface area contributed by atoms with Gasteiger partial charge in [0, 0.05) is 12.8 Å². The SMILES string of the molecule is O=[C]CC[C@H](NC(=O)CCCCCCCCCCCc1ccccc1)C(=O)O. The van der Waals surface area contributed by atoms with E-state index in [1.807, 2.05) is 0 Å². The van der Waals surface area contributed by atoms with Gasteiger partial charge >= 0.3 is 5.97 Å². The third-order valence-corrected chi connectivity index (χ3v) is 4.88. The van der Waals surface area contributed by atoms with Crippen molar-refractivity contribution >= 4 is 18.2 Å². The van der Waals surface area contributed by atoms with E-state index >= 15 is 0 Å². The highest BCUT2D eigenvalue weighted by Gasteiger charge is 2.18. The number of benzene rings is 1. The maximum absolute atomic E-state index is 11.8. The summed E-state index contributed by atoms with van der Waals surface area (Å²) in [7, 11) is 0. The van der Waals surface area contributed by atoms with E-state index in [1.54, 1.807) is 6.29 Å². The number of hydrogen-bond donors (Lipinski definition) is 2. The lowest BCUT2D eigenvalue weighted by Crippen LogP contribution is -2.40. The first-order valence-electron chi connectivity index (χ1n) is 10.5. The molecule has 2 N–H and O–H groups in total. The first-order valence-corrected chi connectivity index (χ1v) is 10.5. The van der Waals surface area contributed by atoms with Gasteiger partial charge in [0.25, 0.3) is 0 Å². The van der Waals surface area contributed by atoms with Gasteiger partial charge in [0.05, 0.1) is 0 Å². The van der Waals surface area contributed by atoms with Gasteiger partial charge in [-0.1, -0.05) is 75.3 Å². The molecule has 0 bridgehead atoms. The predicted molar refractivity (Wildman–Crippen MR) is 111 cm³/mol. The second kappa shape index (κ2) is 15.8. The minimum absolute atomic E-state index is 0.0174. The Labute approximate surface area is 168 Å². The summed E-state index contributed by atoms with van der Waals surface area (Å²) in [5, 5.41) is 11.5. The molecule has 0 aliphatic rings. The van der Waals surface area contributed by atoms with Gasteiger partial charge in [0.15, 0.2) is 6.29 Å². The number of hydrogen-bond acceptors (Lipinski definition) is 3. The van der Waals surface area contributed by atoms with Crippen LogP contribution < -0.4 is 5.32 Å². The lowest BCUT2D eigenvalue weighted by Gasteiger charge is -2.12. The molecule has 0 fully saturated rings. The summed E-state index contributed by atoms with van der Waals surface area (Å²) in [6.07, 6.45) is 13.6. The van der Waals surface area contributed by atoms with Crippen LogP contribution in [0.4, 0.5) is 0 Å². The van der Waals surface area contributed by atoms with E-state index in [4.69, 9.17) is 5.11 Å². The number of nitrogens with one attached hydrogen (secondary N) is 1. The Morgan fingerprint density at radius 1 is 0.893 bits per heavy atom. The molecular formula is C23H34NO4. The minimum atomic E-state index is -1.10. The zero-order valence-corrected chi connectivity index (χ0v) is 16.8. The molecule has 5 nitrogen and oxygen atoms in total. The van der Waals surface area contributed by atoms with E-state index in [2.05, 4.69) is 35.6 Å². The maximum Gasteiger partial charge on any atom is 0.326 e. The molecule has 0 heterocycles. The molecule has 5 heteroatoms. The molecule has 1 radical (unpaired) electrons. The van der Waals surface area contributed by atoms with Gasteiger partial charge in [-0.25, -0.2) is 4.79 Å². The highest BCUT2D eigenvalue weighted by atomic mass is 16.4. The molecule has 0 aliphatic carbocycles. The van der Waals surface area contributed by atoms with E-state index in [1.165, 1.54) is 50.5 Å². The second-order valence-electron chi connectivity index (χ2n) is 7.31. The predicted octanol–water partition coefficient (Wildman–Crippen LogP) is 4.59. The number of rotatable bonds is 17. The first kappa shape index (κ1) is 23.9. The molecule has 1 atom stereocenters. The largest absolute Gasteiger partial charge is 0.480 e. The Balaban J connectivity index is 1.92. The van der Waals surface area contributed by atoms with E-state index in [0.29, 0.717) is 6.42 Å². The lowest BCUT2D eigenvalue weighted by atomic mass is 10.0. The van der Waals surface area contributed by atoms with Crippen molar-refractivity contribution in [2.45, 2.75) is 89.5 Å². The van der Waals surface area contributed by atoms with Crippen molar-refractivity contribution in [3.8, 4) is 0 Å². The second-order valence-corrected chi connectivity index (χ2v) is 7.31. The fraction of sp³-hybridized carbons (Fsp3) is 0.609. The van der Waals surface area contributed by atoms with Crippen molar-refractivity contribution in [2.75, 3.05) is 0 Å². The van der Waals surface area contributed by atoms with Crippen LogP contribution in [-0.2, 0) is 20.8 Å². The summed E-state index contributed by atoms with van der Waals surface area (Å²) in [5.41, 5.74) is 1.42. The van der Waals surface area contributed by atoms with Crippen LogP contribution in [0.5, 0.6) is 0 Å². The molecule has 0 aromatic heterocycles. The lowest BCUT2D eigenvalue weighted by molar-refractivity contribution is -0.142. The fourth-order valence-corrected chi connectivity index (χ4v) is 3.22. The maximum atomic E-state index is 11.8. The standard InChI is InChI=1S/C23H34NO4/c25-19-13-17-21(23(27)28)24-22(26)18-12-7-5-3-1-2-4-6-9-14-20-15-10-8-11-16-20/h8,10-11,15-16,21H,1-7,9,12-14,17-18H2,(H,24,26)(H,27,28)/t21-/m0/s1. The summed E-state index contributed by atoms with van der Waals surface area (Å²) in [6, 6.07) is 9.62. The monoisotopic (exact) mass is 388 g/mol. The Hall–Kier alpha value is -2.17. The molecule has 0 saturated heterocycles. The zero-order chi connectivity index (χ0) is 20.5. The summed E-state index contributed by atoms with van der Waals surface area (Å²) in [5.74, 6) is -1.36.